The van der Waals surface area contributed by atoms with E-state index in [0.29, 0.717) is 17.6 Å². The van der Waals surface area contributed by atoms with Crippen molar-refractivity contribution in [2.24, 2.45) is 0 Å². The van der Waals surface area contributed by atoms with Gasteiger partial charge in [0.1, 0.15) is 0 Å². The third kappa shape index (κ3) is 6.44. The summed E-state index contributed by atoms with van der Waals surface area (Å²) in [6, 6.07) is 67.4. The molecule has 11 aromatic rings. The van der Waals surface area contributed by atoms with Gasteiger partial charge in [0, 0.05) is 42.1 Å². The Bertz CT molecular complexity index is 3340. The molecule has 0 unspecified atom stereocenters. The summed E-state index contributed by atoms with van der Waals surface area (Å²) in [7, 11) is 0. The van der Waals surface area contributed by atoms with Gasteiger partial charge in [0.15, 0.2) is 11.6 Å². The molecule has 0 aliphatic carbocycles. The SMILES string of the molecule is CCCCc1ccc(-c2ccc(-c3nc(-c4cccc(-c5ccccc5)c4)nc(-n4c5ccccc5c5ccc(-c6cccc7c6sc6ccccc67)cc54)n3)cc2)cc1. The van der Waals surface area contributed by atoms with Gasteiger partial charge in [-0.2, -0.15) is 9.97 Å². The molecule has 0 atom stereocenters. The summed E-state index contributed by atoms with van der Waals surface area (Å²) in [5, 5.41) is 4.88. The van der Waals surface area contributed by atoms with Crippen LogP contribution in [0, 0.1) is 0 Å². The van der Waals surface area contributed by atoms with E-state index in [9.17, 15) is 0 Å². The molecule has 3 aromatic heterocycles. The van der Waals surface area contributed by atoms with Crippen LogP contribution in [0.15, 0.2) is 188 Å². The van der Waals surface area contributed by atoms with E-state index in [2.05, 4.69) is 193 Å². The molecule has 11 rings (SSSR count). The van der Waals surface area contributed by atoms with Crippen molar-refractivity contribution < 1.29 is 0 Å². The van der Waals surface area contributed by atoms with Crippen LogP contribution in [0.3, 0.4) is 0 Å². The van der Waals surface area contributed by atoms with Crippen molar-refractivity contribution in [2.45, 2.75) is 26.2 Å². The Hall–Kier alpha value is -7.21. The number of para-hydroxylation sites is 1. The van der Waals surface area contributed by atoms with E-state index in [1.807, 2.05) is 17.4 Å². The molecule has 0 fully saturated rings. The fourth-order valence-electron chi connectivity index (χ4n) is 8.58. The Balaban J connectivity index is 1.09. The topological polar surface area (TPSA) is 43.6 Å². The first-order valence-corrected chi connectivity index (χ1v) is 21.6. The molecule has 0 amide bonds. The number of unbranched alkanes of at least 4 members (excludes halogenated alkanes) is 1. The van der Waals surface area contributed by atoms with Gasteiger partial charge in [-0.15, -0.1) is 11.3 Å². The zero-order valence-electron chi connectivity index (χ0n) is 33.2. The van der Waals surface area contributed by atoms with E-state index in [1.165, 1.54) is 49.7 Å². The summed E-state index contributed by atoms with van der Waals surface area (Å²) >= 11 is 1.86. The predicted octanol–water partition coefficient (Wildman–Crippen LogP) is 15.0. The number of nitrogens with zero attached hydrogens (tertiary/aromatic N) is 4. The summed E-state index contributed by atoms with van der Waals surface area (Å²) in [4.78, 5) is 15.9. The lowest BCUT2D eigenvalue weighted by atomic mass is 10.0. The van der Waals surface area contributed by atoms with Gasteiger partial charge in [-0.05, 0) is 76.1 Å². The smallest absolute Gasteiger partial charge is 0.238 e. The van der Waals surface area contributed by atoms with Crippen LogP contribution < -0.4 is 0 Å². The molecule has 0 spiro atoms. The molecule has 0 saturated carbocycles. The highest BCUT2D eigenvalue weighted by atomic mass is 32.1. The summed E-state index contributed by atoms with van der Waals surface area (Å²) in [6.07, 6.45) is 3.52. The molecule has 0 N–H and O–H groups in total. The molecule has 4 nitrogen and oxygen atoms in total. The van der Waals surface area contributed by atoms with Crippen molar-refractivity contribution >= 4 is 53.3 Å². The maximum absolute atomic E-state index is 5.33. The monoisotopic (exact) mass is 788 g/mol. The minimum atomic E-state index is 0.579. The van der Waals surface area contributed by atoms with Gasteiger partial charge in [-0.3, -0.25) is 4.57 Å². The summed E-state index contributed by atoms with van der Waals surface area (Å²) in [5.74, 6) is 1.82. The van der Waals surface area contributed by atoms with E-state index in [4.69, 9.17) is 15.0 Å². The lowest BCUT2D eigenvalue weighted by Crippen LogP contribution is -2.06. The van der Waals surface area contributed by atoms with Crippen LogP contribution in [0.2, 0.25) is 0 Å². The number of rotatable bonds is 9. The Morgan fingerprint density at radius 3 is 1.85 bits per heavy atom. The van der Waals surface area contributed by atoms with E-state index in [-0.39, 0.29) is 0 Å². The van der Waals surface area contributed by atoms with Gasteiger partial charge >= 0.3 is 0 Å². The molecule has 286 valence electrons. The van der Waals surface area contributed by atoms with Crippen molar-refractivity contribution in [3.05, 3.63) is 194 Å². The zero-order valence-corrected chi connectivity index (χ0v) is 34.0. The average molecular weight is 789 g/mol. The van der Waals surface area contributed by atoms with Crippen LogP contribution in [0.5, 0.6) is 0 Å². The molecule has 60 heavy (non-hydrogen) atoms. The van der Waals surface area contributed by atoms with Crippen molar-refractivity contribution in [1.82, 2.24) is 19.5 Å². The highest BCUT2D eigenvalue weighted by Gasteiger charge is 2.20. The molecular weight excluding hydrogens is 749 g/mol. The predicted molar refractivity (Wildman–Crippen MR) is 253 cm³/mol. The number of benzene rings is 8. The number of aryl methyl sites for hydroxylation is 1. The number of thiophene rings is 1. The maximum atomic E-state index is 5.33. The van der Waals surface area contributed by atoms with Gasteiger partial charge in [0.2, 0.25) is 5.95 Å². The number of hydrogen-bond acceptors (Lipinski definition) is 4. The molecule has 0 saturated heterocycles. The van der Waals surface area contributed by atoms with Gasteiger partial charge < -0.3 is 0 Å². The van der Waals surface area contributed by atoms with Crippen LogP contribution in [-0.4, -0.2) is 19.5 Å². The summed E-state index contributed by atoms with van der Waals surface area (Å²) < 4.78 is 4.81. The van der Waals surface area contributed by atoms with Crippen LogP contribution in [0.1, 0.15) is 25.3 Å². The van der Waals surface area contributed by atoms with Gasteiger partial charge in [0.05, 0.1) is 11.0 Å². The van der Waals surface area contributed by atoms with Gasteiger partial charge in [-0.25, -0.2) is 4.98 Å². The number of hydrogen-bond donors (Lipinski definition) is 0. The Morgan fingerprint density at radius 2 is 1.03 bits per heavy atom. The molecule has 3 heterocycles. The molecule has 5 heteroatoms. The lowest BCUT2D eigenvalue weighted by Gasteiger charge is -2.12. The summed E-state index contributed by atoms with van der Waals surface area (Å²) in [6.45, 7) is 2.24. The fraction of sp³-hybridized carbons (Fsp3) is 0.0727. The van der Waals surface area contributed by atoms with Crippen LogP contribution in [-0.2, 0) is 6.42 Å². The lowest BCUT2D eigenvalue weighted by molar-refractivity contribution is 0.795. The van der Waals surface area contributed by atoms with Crippen molar-refractivity contribution in [1.29, 1.82) is 0 Å². The highest BCUT2D eigenvalue weighted by molar-refractivity contribution is 7.26. The average Bonchev–Trinajstić information content (AvgIpc) is 3.87. The molecule has 8 aromatic carbocycles. The second-order valence-corrected chi connectivity index (χ2v) is 16.5. The van der Waals surface area contributed by atoms with Gasteiger partial charge in [0.25, 0.3) is 0 Å². The maximum Gasteiger partial charge on any atom is 0.238 e. The Kier molecular flexibility index (Phi) is 9.09. The first-order chi connectivity index (χ1) is 29.7. The van der Waals surface area contributed by atoms with E-state index in [0.717, 1.165) is 61.6 Å². The number of aromatic nitrogens is 4. The number of fused-ring (bicyclic) bond motifs is 6. The third-order valence-electron chi connectivity index (χ3n) is 11.7. The standard InChI is InChI=1S/C55H40N4S/c1-2-3-13-36-24-26-38(27-25-36)39-28-30-40(31-29-39)53-56-54(43-17-11-16-41(34-43)37-14-5-4-6-15-37)58-55(57-53)59-49-22-9-7-18-45(49)46-33-32-42(35-50(46)59)44-20-12-21-48-47-19-8-10-23-51(47)60-52(44)48/h4-12,14-35H,2-3,13H2,1H3. The second-order valence-electron chi connectivity index (χ2n) is 15.5. The van der Waals surface area contributed by atoms with Crippen molar-refractivity contribution in [3.8, 4) is 62.1 Å². The molecule has 0 aliphatic rings. The fourth-order valence-corrected chi connectivity index (χ4v) is 9.81. The molecule has 0 radical (unpaired) electrons. The zero-order chi connectivity index (χ0) is 40.0. The van der Waals surface area contributed by atoms with Crippen LogP contribution >= 0.6 is 11.3 Å². The van der Waals surface area contributed by atoms with Gasteiger partial charge in [-0.1, -0.05) is 177 Å². The van der Waals surface area contributed by atoms with Crippen molar-refractivity contribution in [3.63, 3.8) is 0 Å². The van der Waals surface area contributed by atoms with Crippen LogP contribution in [0.4, 0.5) is 0 Å². The molecule has 0 aliphatic heterocycles. The van der Waals surface area contributed by atoms with Crippen LogP contribution in [0.25, 0.3) is 104 Å². The second kappa shape index (κ2) is 15.2. The molecule has 0 bridgehead atoms. The Labute approximate surface area is 353 Å². The minimum Gasteiger partial charge on any atom is -0.278 e. The first kappa shape index (κ1) is 35.9. The van der Waals surface area contributed by atoms with Crippen molar-refractivity contribution in [2.75, 3.05) is 0 Å². The third-order valence-corrected chi connectivity index (χ3v) is 12.9. The van der Waals surface area contributed by atoms with E-state index in [1.54, 1.807) is 0 Å². The summed E-state index contributed by atoms with van der Waals surface area (Å²) in [5.41, 5.74) is 12.3. The molecular formula is C55H40N4S. The Morgan fingerprint density at radius 1 is 0.433 bits per heavy atom. The normalized spacial score (nSPS) is 11.6. The first-order valence-electron chi connectivity index (χ1n) is 20.7. The van der Waals surface area contributed by atoms with E-state index < -0.39 is 0 Å². The highest BCUT2D eigenvalue weighted by Crippen LogP contribution is 2.42. The minimum absolute atomic E-state index is 0.579. The largest absolute Gasteiger partial charge is 0.278 e. The quantitative estimate of drug-likeness (QED) is 0.146. The van der Waals surface area contributed by atoms with E-state index >= 15 is 0 Å².